The van der Waals surface area contributed by atoms with Crippen molar-refractivity contribution >= 4 is 44.4 Å². The minimum atomic E-state index is -0.633. The third-order valence-electron chi connectivity index (χ3n) is 2.98. The van der Waals surface area contributed by atoms with Crippen molar-refractivity contribution in [2.24, 2.45) is 0 Å². The summed E-state index contributed by atoms with van der Waals surface area (Å²) in [5.74, 6) is -2.01. The molecule has 0 aliphatic rings. The van der Waals surface area contributed by atoms with Gasteiger partial charge in [0, 0.05) is 15.3 Å². The van der Waals surface area contributed by atoms with Crippen LogP contribution in [-0.2, 0) is 0 Å². The molecule has 3 aromatic rings. The lowest BCUT2D eigenvalue weighted by Gasteiger charge is -2.04. The van der Waals surface area contributed by atoms with E-state index in [1.54, 1.807) is 17.4 Å². The van der Waals surface area contributed by atoms with Gasteiger partial charge in [-0.05, 0) is 52.3 Å². The Morgan fingerprint density at radius 2 is 1.50 bits per heavy atom. The number of halogens is 1. The molecule has 0 unspecified atom stereocenters. The monoisotopic (exact) mass is 396 g/mol. The maximum Gasteiger partial charge on any atom is 0.203 e. The van der Waals surface area contributed by atoms with Gasteiger partial charge in [0.05, 0.1) is 8.66 Å². The van der Waals surface area contributed by atoms with Gasteiger partial charge in [-0.1, -0.05) is 0 Å². The Kier molecular flexibility index (Phi) is 3.94. The van der Waals surface area contributed by atoms with Gasteiger partial charge in [-0.2, -0.15) is 0 Å². The molecule has 112 valence electrons. The molecule has 0 radical (unpaired) electrons. The second-order valence-electron chi connectivity index (χ2n) is 4.46. The van der Waals surface area contributed by atoms with Gasteiger partial charge >= 0.3 is 0 Å². The van der Waals surface area contributed by atoms with Crippen molar-refractivity contribution in [2.75, 3.05) is 0 Å². The van der Waals surface area contributed by atoms with Gasteiger partial charge in [0.25, 0.3) is 0 Å². The molecule has 7 heteroatoms. The highest BCUT2D eigenvalue weighted by Crippen LogP contribution is 2.38. The van der Waals surface area contributed by atoms with Crippen LogP contribution in [0.1, 0.15) is 15.2 Å². The highest BCUT2D eigenvalue weighted by atomic mass is 79.9. The number of ketones is 1. The maximum atomic E-state index is 12.4. The lowest BCUT2D eigenvalue weighted by molar-refractivity contribution is 0.104. The number of carbonyl (C=O) groups is 1. The highest BCUT2D eigenvalue weighted by molar-refractivity contribution is 9.11. The van der Waals surface area contributed by atoms with Crippen molar-refractivity contribution in [2.45, 2.75) is 0 Å². The minimum Gasteiger partial charge on any atom is -0.504 e. The fourth-order valence-electron chi connectivity index (χ4n) is 1.92. The second-order valence-corrected chi connectivity index (χ2v) is 8.01. The number of benzene rings is 1. The molecule has 1 aromatic carbocycles. The summed E-state index contributed by atoms with van der Waals surface area (Å²) in [6.45, 7) is 0. The van der Waals surface area contributed by atoms with E-state index in [9.17, 15) is 20.1 Å². The number of aromatic hydroxyl groups is 3. The van der Waals surface area contributed by atoms with Crippen molar-refractivity contribution < 1.29 is 20.1 Å². The molecule has 0 fully saturated rings. The fraction of sp³-hybridized carbons (Fsp3) is 0. The van der Waals surface area contributed by atoms with Crippen LogP contribution in [0.15, 0.2) is 40.2 Å². The van der Waals surface area contributed by atoms with Crippen LogP contribution < -0.4 is 0 Å². The lowest BCUT2D eigenvalue weighted by atomic mass is 10.1. The quantitative estimate of drug-likeness (QED) is 0.446. The van der Waals surface area contributed by atoms with Gasteiger partial charge < -0.3 is 15.3 Å². The Balaban J connectivity index is 1.95. The number of phenols is 3. The molecule has 0 aliphatic carbocycles. The van der Waals surface area contributed by atoms with Crippen molar-refractivity contribution in [3.05, 3.63) is 50.6 Å². The Morgan fingerprint density at radius 1 is 0.909 bits per heavy atom. The predicted molar refractivity (Wildman–Crippen MR) is 90.2 cm³/mol. The van der Waals surface area contributed by atoms with Gasteiger partial charge in [-0.25, -0.2) is 0 Å². The summed E-state index contributed by atoms with van der Waals surface area (Å²) in [4.78, 5) is 14.9. The van der Waals surface area contributed by atoms with Crippen LogP contribution in [0.4, 0.5) is 0 Å². The molecule has 4 nitrogen and oxygen atoms in total. The number of hydrogen-bond acceptors (Lipinski definition) is 6. The minimum absolute atomic E-state index is 0.119. The molecule has 2 aromatic heterocycles. The van der Waals surface area contributed by atoms with E-state index in [2.05, 4.69) is 15.9 Å². The van der Waals surface area contributed by atoms with E-state index in [4.69, 9.17) is 0 Å². The van der Waals surface area contributed by atoms with E-state index in [1.807, 2.05) is 18.2 Å². The predicted octanol–water partition coefficient (Wildman–Crippen LogP) is 4.59. The van der Waals surface area contributed by atoms with Crippen molar-refractivity contribution in [3.63, 3.8) is 0 Å². The van der Waals surface area contributed by atoms with E-state index in [1.165, 1.54) is 11.3 Å². The van der Waals surface area contributed by atoms with Gasteiger partial charge in [0.2, 0.25) is 5.78 Å². The number of carbonyl (C=O) groups excluding carboxylic acids is 1. The SMILES string of the molecule is O=C(c1cc(O)c(O)c(O)c1)c1ccc(-c2ccc(Br)s2)s1. The molecule has 22 heavy (non-hydrogen) atoms. The Hall–Kier alpha value is -1.83. The number of hydrogen-bond donors (Lipinski definition) is 3. The number of thiophene rings is 2. The summed E-state index contributed by atoms with van der Waals surface area (Å²) in [6.07, 6.45) is 0. The van der Waals surface area contributed by atoms with E-state index >= 15 is 0 Å². The first-order valence-corrected chi connectivity index (χ1v) is 8.53. The Bertz CT molecular complexity index is 843. The standard InChI is InChI=1S/C15H9BrO4S2/c16-13-4-3-11(22-13)10-1-2-12(21-10)14(19)7-5-8(17)15(20)9(18)6-7/h1-6,17-18,20H. The average Bonchev–Trinajstić information content (AvgIpc) is 3.12. The summed E-state index contributed by atoms with van der Waals surface area (Å²) in [6, 6.07) is 9.74. The van der Waals surface area contributed by atoms with Crippen LogP contribution in [-0.4, -0.2) is 21.1 Å². The number of phenolic OH excluding ortho intramolecular Hbond substituents is 3. The third-order valence-corrected chi connectivity index (χ3v) is 5.88. The molecule has 0 atom stereocenters. The topological polar surface area (TPSA) is 77.8 Å². The molecular formula is C15H9BrO4S2. The zero-order valence-electron chi connectivity index (χ0n) is 10.9. The molecule has 0 spiro atoms. The van der Waals surface area contributed by atoms with Gasteiger partial charge in [0.15, 0.2) is 17.2 Å². The molecule has 0 saturated heterocycles. The smallest absolute Gasteiger partial charge is 0.203 e. The van der Waals surface area contributed by atoms with Gasteiger partial charge in [-0.3, -0.25) is 4.79 Å². The molecule has 3 N–H and O–H groups in total. The largest absolute Gasteiger partial charge is 0.504 e. The molecule has 0 aliphatic heterocycles. The average molecular weight is 397 g/mol. The normalized spacial score (nSPS) is 10.8. The summed E-state index contributed by atoms with van der Waals surface area (Å²) in [5.41, 5.74) is 0.119. The molecular weight excluding hydrogens is 388 g/mol. The van der Waals surface area contributed by atoms with E-state index in [0.29, 0.717) is 4.88 Å². The van der Waals surface area contributed by atoms with Gasteiger partial charge in [0.1, 0.15) is 0 Å². The fourth-order valence-corrected chi connectivity index (χ4v) is 4.36. The molecule has 3 rings (SSSR count). The zero-order chi connectivity index (χ0) is 15.9. The van der Waals surface area contributed by atoms with Crippen LogP contribution in [0.2, 0.25) is 0 Å². The highest BCUT2D eigenvalue weighted by Gasteiger charge is 2.17. The van der Waals surface area contributed by atoms with Crippen molar-refractivity contribution in [1.82, 2.24) is 0 Å². The lowest BCUT2D eigenvalue weighted by Crippen LogP contribution is -1.98. The van der Waals surface area contributed by atoms with Crippen LogP contribution in [0.5, 0.6) is 17.2 Å². The first-order chi connectivity index (χ1) is 10.5. The van der Waals surface area contributed by atoms with E-state index < -0.39 is 17.2 Å². The number of rotatable bonds is 3. The van der Waals surface area contributed by atoms with Crippen LogP contribution in [0, 0.1) is 0 Å². The third kappa shape index (κ3) is 2.75. The summed E-state index contributed by atoms with van der Waals surface area (Å²) in [5, 5.41) is 28.3. The Labute approximate surface area is 142 Å². The van der Waals surface area contributed by atoms with Crippen molar-refractivity contribution in [1.29, 1.82) is 0 Å². The second kappa shape index (κ2) is 5.75. The summed E-state index contributed by atoms with van der Waals surface area (Å²) >= 11 is 6.31. The first-order valence-electron chi connectivity index (χ1n) is 6.11. The van der Waals surface area contributed by atoms with Crippen LogP contribution in [0.3, 0.4) is 0 Å². The maximum absolute atomic E-state index is 12.4. The summed E-state index contributed by atoms with van der Waals surface area (Å²) in [7, 11) is 0. The Morgan fingerprint density at radius 3 is 2.09 bits per heavy atom. The molecule has 0 saturated carbocycles. The van der Waals surface area contributed by atoms with Crippen LogP contribution in [0.25, 0.3) is 9.75 Å². The molecule has 2 heterocycles. The van der Waals surface area contributed by atoms with E-state index in [0.717, 1.165) is 25.7 Å². The zero-order valence-corrected chi connectivity index (χ0v) is 14.1. The van der Waals surface area contributed by atoms with Crippen molar-refractivity contribution in [3.8, 4) is 27.0 Å². The van der Waals surface area contributed by atoms with E-state index in [-0.39, 0.29) is 11.3 Å². The van der Waals surface area contributed by atoms with Crippen LogP contribution >= 0.6 is 38.6 Å². The van der Waals surface area contributed by atoms with Gasteiger partial charge in [-0.15, -0.1) is 22.7 Å². The summed E-state index contributed by atoms with van der Waals surface area (Å²) < 4.78 is 1.01. The molecule has 0 bridgehead atoms. The molecule has 0 amide bonds. The first kappa shape index (κ1) is 15.1.